The number of benzene rings is 2. The Kier molecular flexibility index (Phi) is 3.37. The highest BCUT2D eigenvalue weighted by molar-refractivity contribution is 7.90. The van der Waals surface area contributed by atoms with Gasteiger partial charge in [0.05, 0.1) is 17.1 Å². The van der Waals surface area contributed by atoms with Crippen molar-refractivity contribution in [2.24, 2.45) is 0 Å². The Morgan fingerprint density at radius 1 is 1.14 bits per heavy atom. The van der Waals surface area contributed by atoms with Crippen LogP contribution >= 0.6 is 0 Å². The van der Waals surface area contributed by atoms with Crippen LogP contribution in [0.5, 0.6) is 5.75 Å². The third-order valence-corrected chi connectivity index (χ3v) is 4.76. The zero-order valence-electron chi connectivity index (χ0n) is 12.0. The van der Waals surface area contributed by atoms with Crippen molar-refractivity contribution in [2.75, 3.05) is 18.1 Å². The van der Waals surface area contributed by atoms with Crippen molar-refractivity contribution in [3.63, 3.8) is 0 Å². The first-order valence-electron chi connectivity index (χ1n) is 6.75. The number of anilines is 1. The van der Waals surface area contributed by atoms with E-state index in [2.05, 4.69) is 5.32 Å². The van der Waals surface area contributed by atoms with E-state index < -0.39 is 9.84 Å². The molecule has 1 aliphatic rings. The molecule has 110 valence electrons. The van der Waals surface area contributed by atoms with E-state index in [1.807, 2.05) is 37.3 Å². The van der Waals surface area contributed by atoms with Gasteiger partial charge in [-0.05, 0) is 36.2 Å². The van der Waals surface area contributed by atoms with Crippen LogP contribution in [-0.2, 0) is 9.84 Å². The maximum Gasteiger partial charge on any atom is 0.175 e. The summed E-state index contributed by atoms with van der Waals surface area (Å²) in [6, 6.07) is 12.9. The first-order chi connectivity index (χ1) is 9.95. The molecule has 21 heavy (non-hydrogen) atoms. The van der Waals surface area contributed by atoms with Crippen LogP contribution in [0.15, 0.2) is 47.4 Å². The van der Waals surface area contributed by atoms with Crippen molar-refractivity contribution in [3.05, 3.63) is 53.6 Å². The van der Waals surface area contributed by atoms with Crippen LogP contribution in [0.3, 0.4) is 0 Å². The van der Waals surface area contributed by atoms with Gasteiger partial charge in [0.1, 0.15) is 11.9 Å². The Morgan fingerprint density at radius 3 is 2.52 bits per heavy atom. The van der Waals surface area contributed by atoms with Crippen molar-refractivity contribution in [3.8, 4) is 5.75 Å². The average molecular weight is 303 g/mol. The summed E-state index contributed by atoms with van der Waals surface area (Å²) >= 11 is 0. The standard InChI is InChI=1S/C16H17NO3S/c1-11-4-3-5-14-16(11)20-15(10-17-14)12-6-8-13(9-7-12)21(2,18)19/h3-9,15,17H,10H2,1-2H3. The lowest BCUT2D eigenvalue weighted by atomic mass is 10.1. The van der Waals surface area contributed by atoms with Crippen molar-refractivity contribution < 1.29 is 13.2 Å². The summed E-state index contributed by atoms with van der Waals surface area (Å²) in [7, 11) is -3.16. The molecule has 1 N–H and O–H groups in total. The predicted octanol–water partition coefficient (Wildman–Crippen LogP) is 2.94. The molecule has 1 atom stereocenters. The van der Waals surface area contributed by atoms with E-state index in [1.165, 1.54) is 6.26 Å². The molecule has 0 aromatic heterocycles. The number of rotatable bonds is 2. The lowest BCUT2D eigenvalue weighted by molar-refractivity contribution is 0.209. The van der Waals surface area contributed by atoms with Gasteiger partial charge in [0.15, 0.2) is 9.84 Å². The molecule has 0 amide bonds. The maximum absolute atomic E-state index is 11.5. The van der Waals surface area contributed by atoms with E-state index in [1.54, 1.807) is 12.1 Å². The molecule has 0 saturated heterocycles. The number of hydrogen-bond donors (Lipinski definition) is 1. The summed E-state index contributed by atoms with van der Waals surface area (Å²) < 4.78 is 29.0. The Balaban J connectivity index is 1.88. The first-order valence-corrected chi connectivity index (χ1v) is 8.64. The molecule has 4 nitrogen and oxygen atoms in total. The van der Waals surface area contributed by atoms with E-state index in [0.717, 1.165) is 22.6 Å². The molecule has 3 rings (SSSR count). The van der Waals surface area contributed by atoms with Crippen LogP contribution < -0.4 is 10.1 Å². The summed E-state index contributed by atoms with van der Waals surface area (Å²) in [4.78, 5) is 0.326. The molecule has 1 heterocycles. The molecule has 2 aromatic rings. The normalized spacial score (nSPS) is 17.5. The maximum atomic E-state index is 11.5. The fourth-order valence-electron chi connectivity index (χ4n) is 2.45. The monoisotopic (exact) mass is 303 g/mol. The van der Waals surface area contributed by atoms with E-state index in [0.29, 0.717) is 11.4 Å². The molecule has 0 bridgehead atoms. The van der Waals surface area contributed by atoms with Gasteiger partial charge in [-0.2, -0.15) is 0 Å². The van der Waals surface area contributed by atoms with Crippen LogP contribution in [0.2, 0.25) is 0 Å². The van der Waals surface area contributed by atoms with Gasteiger partial charge < -0.3 is 10.1 Å². The highest BCUT2D eigenvalue weighted by atomic mass is 32.2. The van der Waals surface area contributed by atoms with Crippen LogP contribution in [0, 0.1) is 6.92 Å². The molecule has 0 fully saturated rings. The molecule has 0 radical (unpaired) electrons. The zero-order chi connectivity index (χ0) is 15.0. The van der Waals surface area contributed by atoms with E-state index in [9.17, 15) is 8.42 Å². The lowest BCUT2D eigenvalue weighted by Crippen LogP contribution is -2.24. The summed E-state index contributed by atoms with van der Waals surface area (Å²) in [6.07, 6.45) is 1.09. The second-order valence-corrected chi connectivity index (χ2v) is 7.30. The van der Waals surface area contributed by atoms with Crippen LogP contribution in [0.4, 0.5) is 5.69 Å². The zero-order valence-corrected chi connectivity index (χ0v) is 12.8. The van der Waals surface area contributed by atoms with Crippen molar-refractivity contribution in [1.29, 1.82) is 0 Å². The summed E-state index contributed by atoms with van der Waals surface area (Å²) in [6.45, 7) is 2.67. The highest BCUT2D eigenvalue weighted by Crippen LogP contribution is 2.36. The van der Waals surface area contributed by atoms with Gasteiger partial charge in [-0.15, -0.1) is 0 Å². The smallest absolute Gasteiger partial charge is 0.175 e. The van der Waals surface area contributed by atoms with Crippen molar-refractivity contribution in [2.45, 2.75) is 17.9 Å². The number of nitrogens with one attached hydrogen (secondary N) is 1. The second kappa shape index (κ2) is 5.07. The highest BCUT2D eigenvalue weighted by Gasteiger charge is 2.22. The Morgan fingerprint density at radius 2 is 1.86 bits per heavy atom. The number of aryl methyl sites for hydroxylation is 1. The van der Waals surface area contributed by atoms with Gasteiger partial charge in [-0.3, -0.25) is 0 Å². The first kappa shape index (κ1) is 13.9. The van der Waals surface area contributed by atoms with Crippen molar-refractivity contribution in [1.82, 2.24) is 0 Å². The Bertz CT molecular complexity index is 767. The van der Waals surface area contributed by atoms with Crippen LogP contribution in [0.1, 0.15) is 17.2 Å². The van der Waals surface area contributed by atoms with E-state index >= 15 is 0 Å². The van der Waals surface area contributed by atoms with Gasteiger partial charge >= 0.3 is 0 Å². The molecular formula is C16H17NO3S. The third-order valence-electron chi connectivity index (χ3n) is 3.63. The number of fused-ring (bicyclic) bond motifs is 1. The SMILES string of the molecule is Cc1cccc2c1OC(c1ccc(S(C)(=O)=O)cc1)CN2. The molecule has 0 spiro atoms. The summed E-state index contributed by atoms with van der Waals surface area (Å²) in [5, 5.41) is 3.35. The van der Waals surface area contributed by atoms with Crippen molar-refractivity contribution >= 4 is 15.5 Å². The third kappa shape index (κ3) is 2.74. The molecular weight excluding hydrogens is 286 g/mol. The van der Waals surface area contributed by atoms with Gasteiger partial charge in [0.2, 0.25) is 0 Å². The number of sulfone groups is 1. The number of hydrogen-bond acceptors (Lipinski definition) is 4. The molecule has 1 aliphatic heterocycles. The number of para-hydroxylation sites is 1. The van der Waals surface area contributed by atoms with Gasteiger partial charge in [0.25, 0.3) is 0 Å². The van der Waals surface area contributed by atoms with Crippen LogP contribution in [-0.4, -0.2) is 21.2 Å². The largest absolute Gasteiger partial charge is 0.481 e. The quantitative estimate of drug-likeness (QED) is 0.927. The predicted molar refractivity (Wildman–Crippen MR) is 82.6 cm³/mol. The fraction of sp³-hybridized carbons (Fsp3) is 0.250. The minimum absolute atomic E-state index is 0.118. The number of ether oxygens (including phenoxy) is 1. The lowest BCUT2D eigenvalue weighted by Gasteiger charge is -2.29. The molecule has 5 heteroatoms. The van der Waals surface area contributed by atoms with Gasteiger partial charge in [-0.25, -0.2) is 8.42 Å². The second-order valence-electron chi connectivity index (χ2n) is 5.28. The minimum Gasteiger partial charge on any atom is -0.481 e. The van der Waals surface area contributed by atoms with Gasteiger partial charge in [-0.1, -0.05) is 24.3 Å². The molecule has 2 aromatic carbocycles. The Hall–Kier alpha value is -2.01. The average Bonchev–Trinajstić information content (AvgIpc) is 2.47. The van der Waals surface area contributed by atoms with E-state index in [4.69, 9.17) is 4.74 Å². The Labute approximate surface area is 124 Å². The van der Waals surface area contributed by atoms with Gasteiger partial charge in [0, 0.05) is 6.26 Å². The summed E-state index contributed by atoms with van der Waals surface area (Å²) in [5.74, 6) is 0.862. The van der Waals surface area contributed by atoms with Crippen LogP contribution in [0.25, 0.3) is 0 Å². The summed E-state index contributed by atoms with van der Waals surface area (Å²) in [5.41, 5.74) is 3.04. The molecule has 0 saturated carbocycles. The van der Waals surface area contributed by atoms with E-state index in [-0.39, 0.29) is 6.10 Å². The minimum atomic E-state index is -3.16. The molecule has 0 aliphatic carbocycles. The topological polar surface area (TPSA) is 55.4 Å². The fourth-order valence-corrected chi connectivity index (χ4v) is 3.08. The molecule has 1 unspecified atom stereocenters.